The van der Waals surface area contributed by atoms with E-state index in [0.29, 0.717) is 18.7 Å². The molecular formula is C12H11ClF3N3. The summed E-state index contributed by atoms with van der Waals surface area (Å²) in [5, 5.41) is 4.15. The van der Waals surface area contributed by atoms with E-state index in [9.17, 15) is 13.2 Å². The Morgan fingerprint density at radius 2 is 1.89 bits per heavy atom. The van der Waals surface area contributed by atoms with Crippen LogP contribution < -0.4 is 5.73 Å². The van der Waals surface area contributed by atoms with E-state index >= 15 is 0 Å². The van der Waals surface area contributed by atoms with E-state index in [1.54, 1.807) is 6.92 Å². The van der Waals surface area contributed by atoms with Crippen LogP contribution in [0.4, 0.5) is 13.2 Å². The topological polar surface area (TPSA) is 43.8 Å². The van der Waals surface area contributed by atoms with Crippen molar-refractivity contribution < 1.29 is 13.2 Å². The maximum Gasteiger partial charge on any atom is 0.134 e. The fourth-order valence-electron chi connectivity index (χ4n) is 1.92. The molecule has 1 heterocycles. The first-order valence-corrected chi connectivity index (χ1v) is 5.94. The lowest BCUT2D eigenvalue weighted by atomic mass is 10.0. The van der Waals surface area contributed by atoms with Gasteiger partial charge in [-0.25, -0.2) is 13.2 Å². The van der Waals surface area contributed by atoms with E-state index < -0.39 is 29.1 Å². The van der Waals surface area contributed by atoms with Crippen molar-refractivity contribution in [1.82, 2.24) is 9.78 Å². The third kappa shape index (κ3) is 2.46. The molecular weight excluding hydrogens is 279 g/mol. The van der Waals surface area contributed by atoms with Gasteiger partial charge < -0.3 is 5.73 Å². The number of rotatable bonds is 3. The first-order valence-electron chi connectivity index (χ1n) is 5.57. The van der Waals surface area contributed by atoms with Gasteiger partial charge in [-0.05, 0) is 6.92 Å². The number of aromatic nitrogens is 2. The molecule has 1 aromatic carbocycles. The second-order valence-electron chi connectivity index (χ2n) is 3.95. The van der Waals surface area contributed by atoms with Gasteiger partial charge in [-0.1, -0.05) is 11.6 Å². The van der Waals surface area contributed by atoms with Crippen LogP contribution in [0.1, 0.15) is 24.2 Å². The molecule has 2 N–H and O–H groups in total. The number of benzene rings is 1. The second kappa shape index (κ2) is 5.22. The van der Waals surface area contributed by atoms with Crippen LogP contribution in [0.2, 0.25) is 5.02 Å². The minimum atomic E-state index is -1.16. The van der Waals surface area contributed by atoms with E-state index in [1.807, 2.05) is 0 Å². The molecule has 19 heavy (non-hydrogen) atoms. The van der Waals surface area contributed by atoms with Crippen LogP contribution in [0.25, 0.3) is 0 Å². The van der Waals surface area contributed by atoms with Crippen molar-refractivity contribution >= 4 is 11.6 Å². The van der Waals surface area contributed by atoms with Gasteiger partial charge in [0, 0.05) is 24.2 Å². The SMILES string of the molecule is CCn1ncc(Cl)c1C(N)c1c(F)cc(F)cc1F. The number of aryl methyl sites for hydroxylation is 1. The fourth-order valence-corrected chi connectivity index (χ4v) is 2.18. The van der Waals surface area contributed by atoms with Crippen molar-refractivity contribution in [3.8, 4) is 0 Å². The Balaban J connectivity index is 2.56. The Kier molecular flexibility index (Phi) is 3.82. The normalized spacial score (nSPS) is 12.7. The molecule has 2 rings (SSSR count). The standard InChI is InChI=1S/C12H11ClF3N3/c1-2-19-12(7(13)5-18-19)11(17)10-8(15)3-6(14)4-9(10)16/h3-5,11H,2,17H2,1H3. The highest BCUT2D eigenvalue weighted by atomic mass is 35.5. The van der Waals surface area contributed by atoms with Crippen molar-refractivity contribution in [2.45, 2.75) is 19.5 Å². The highest BCUT2D eigenvalue weighted by Crippen LogP contribution is 2.30. The molecule has 1 atom stereocenters. The Morgan fingerprint density at radius 3 is 2.42 bits per heavy atom. The van der Waals surface area contributed by atoms with Crippen LogP contribution in [-0.2, 0) is 6.54 Å². The lowest BCUT2D eigenvalue weighted by Crippen LogP contribution is -2.20. The highest BCUT2D eigenvalue weighted by molar-refractivity contribution is 6.31. The molecule has 0 aliphatic heterocycles. The average molecular weight is 290 g/mol. The molecule has 1 aromatic heterocycles. The second-order valence-corrected chi connectivity index (χ2v) is 4.36. The van der Waals surface area contributed by atoms with Crippen LogP contribution in [0.3, 0.4) is 0 Å². The quantitative estimate of drug-likeness (QED) is 0.944. The summed E-state index contributed by atoms with van der Waals surface area (Å²) >= 11 is 5.92. The Hall–Kier alpha value is -1.53. The summed E-state index contributed by atoms with van der Waals surface area (Å²) in [6.45, 7) is 2.23. The summed E-state index contributed by atoms with van der Waals surface area (Å²) in [6.07, 6.45) is 1.35. The smallest absolute Gasteiger partial charge is 0.134 e. The molecule has 0 fully saturated rings. The van der Waals surface area contributed by atoms with Crippen LogP contribution >= 0.6 is 11.6 Å². The molecule has 2 aromatic rings. The van der Waals surface area contributed by atoms with Crippen molar-refractivity contribution in [2.75, 3.05) is 0 Å². The van der Waals surface area contributed by atoms with Crippen molar-refractivity contribution in [2.24, 2.45) is 5.73 Å². The predicted octanol–water partition coefficient (Wildman–Crippen LogP) is 3.02. The van der Waals surface area contributed by atoms with Crippen molar-refractivity contribution in [3.05, 3.63) is 52.1 Å². The predicted molar refractivity (Wildman–Crippen MR) is 65.3 cm³/mol. The maximum absolute atomic E-state index is 13.7. The minimum Gasteiger partial charge on any atom is -0.319 e. The van der Waals surface area contributed by atoms with Gasteiger partial charge in [0.05, 0.1) is 23.0 Å². The Labute approximate surface area is 112 Å². The first-order chi connectivity index (χ1) is 8.95. The third-order valence-electron chi connectivity index (χ3n) is 2.78. The fraction of sp³-hybridized carbons (Fsp3) is 0.250. The van der Waals surface area contributed by atoms with Gasteiger partial charge in [-0.15, -0.1) is 0 Å². The summed E-state index contributed by atoms with van der Waals surface area (Å²) in [5.41, 5.74) is 5.70. The lowest BCUT2D eigenvalue weighted by molar-refractivity contribution is 0.504. The highest BCUT2D eigenvalue weighted by Gasteiger charge is 2.24. The molecule has 0 bridgehead atoms. The molecule has 0 amide bonds. The number of nitrogens with zero attached hydrogens (tertiary/aromatic N) is 2. The molecule has 0 aliphatic rings. The average Bonchev–Trinajstić information content (AvgIpc) is 2.68. The van der Waals surface area contributed by atoms with Crippen molar-refractivity contribution in [3.63, 3.8) is 0 Å². The molecule has 1 unspecified atom stereocenters. The Morgan fingerprint density at radius 1 is 1.32 bits per heavy atom. The van der Waals surface area contributed by atoms with Gasteiger partial charge in [0.15, 0.2) is 0 Å². The third-order valence-corrected chi connectivity index (χ3v) is 3.07. The van der Waals surface area contributed by atoms with E-state index in [4.69, 9.17) is 17.3 Å². The van der Waals surface area contributed by atoms with Crippen LogP contribution in [0.5, 0.6) is 0 Å². The van der Waals surface area contributed by atoms with E-state index in [2.05, 4.69) is 5.10 Å². The summed E-state index contributed by atoms with van der Waals surface area (Å²) < 4.78 is 41.7. The zero-order valence-corrected chi connectivity index (χ0v) is 10.8. The number of hydrogen-bond donors (Lipinski definition) is 1. The molecule has 102 valence electrons. The van der Waals surface area contributed by atoms with E-state index in [0.717, 1.165) is 0 Å². The number of hydrogen-bond acceptors (Lipinski definition) is 2. The summed E-state index contributed by atoms with van der Waals surface area (Å²) in [7, 11) is 0. The van der Waals surface area contributed by atoms with Gasteiger partial charge >= 0.3 is 0 Å². The van der Waals surface area contributed by atoms with Gasteiger partial charge in [-0.3, -0.25) is 4.68 Å². The maximum atomic E-state index is 13.7. The van der Waals surface area contributed by atoms with Crippen molar-refractivity contribution in [1.29, 1.82) is 0 Å². The molecule has 0 saturated carbocycles. The summed E-state index contributed by atoms with van der Waals surface area (Å²) in [5.74, 6) is -3.10. The van der Waals surface area contributed by atoms with E-state index in [1.165, 1.54) is 10.9 Å². The number of halogens is 4. The summed E-state index contributed by atoms with van der Waals surface area (Å²) in [6, 6.07) is 0.00745. The summed E-state index contributed by atoms with van der Waals surface area (Å²) in [4.78, 5) is 0. The molecule has 0 aliphatic carbocycles. The zero-order valence-electron chi connectivity index (χ0n) is 10.0. The van der Waals surface area contributed by atoms with Gasteiger partial charge in [-0.2, -0.15) is 5.10 Å². The lowest BCUT2D eigenvalue weighted by Gasteiger charge is -2.16. The van der Waals surface area contributed by atoms with Gasteiger partial charge in [0.25, 0.3) is 0 Å². The first kappa shape index (κ1) is 13.9. The van der Waals surface area contributed by atoms with Crippen LogP contribution in [0.15, 0.2) is 18.3 Å². The monoisotopic (exact) mass is 289 g/mol. The molecule has 3 nitrogen and oxygen atoms in total. The molecule has 0 spiro atoms. The van der Waals surface area contributed by atoms with Gasteiger partial charge in [0.2, 0.25) is 0 Å². The molecule has 0 radical (unpaired) electrons. The van der Waals surface area contributed by atoms with E-state index in [-0.39, 0.29) is 10.7 Å². The minimum absolute atomic E-state index is 0.206. The largest absolute Gasteiger partial charge is 0.319 e. The van der Waals surface area contributed by atoms with Gasteiger partial charge in [0.1, 0.15) is 17.5 Å². The molecule has 0 saturated heterocycles. The molecule has 7 heteroatoms. The Bertz CT molecular complexity index is 589. The number of nitrogens with two attached hydrogens (primary N) is 1. The zero-order chi connectivity index (χ0) is 14.2. The van der Waals surface area contributed by atoms with Crippen LogP contribution in [0, 0.1) is 17.5 Å². The van der Waals surface area contributed by atoms with Crippen LogP contribution in [-0.4, -0.2) is 9.78 Å².